The van der Waals surface area contributed by atoms with Crippen molar-refractivity contribution in [1.82, 2.24) is 0 Å². The molecule has 2 aromatic rings. The number of rotatable bonds is 5. The van der Waals surface area contributed by atoms with E-state index >= 15 is 0 Å². The number of ether oxygens (including phenoxy) is 2. The Hall–Kier alpha value is -2.54. The van der Waals surface area contributed by atoms with E-state index in [1.807, 2.05) is 0 Å². The maximum Gasteiger partial charge on any atom is 0.338 e. The summed E-state index contributed by atoms with van der Waals surface area (Å²) in [4.78, 5) is 24.2. The lowest BCUT2D eigenvalue weighted by Gasteiger charge is -2.20. The number of alkyl halides is 1. The van der Waals surface area contributed by atoms with Crippen LogP contribution in [-0.4, -0.2) is 46.0 Å². The van der Waals surface area contributed by atoms with Gasteiger partial charge in [-0.1, -0.05) is 36.4 Å². The number of esters is 2. The molecule has 0 radical (unpaired) electrons. The lowest BCUT2D eigenvalue weighted by atomic mass is 10.1. The molecule has 1 heterocycles. The van der Waals surface area contributed by atoms with Crippen molar-refractivity contribution in [2.24, 2.45) is 0 Å². The Morgan fingerprint density at radius 3 is 2.08 bits per heavy atom. The van der Waals surface area contributed by atoms with Crippen LogP contribution < -0.4 is 0 Å². The van der Waals surface area contributed by atoms with Gasteiger partial charge >= 0.3 is 11.9 Å². The van der Waals surface area contributed by atoms with Crippen LogP contribution in [0.4, 0.5) is 4.39 Å². The summed E-state index contributed by atoms with van der Waals surface area (Å²) in [5.41, 5.74) is 0.614. The average molecular weight is 376 g/mol. The van der Waals surface area contributed by atoms with Crippen LogP contribution in [0.2, 0.25) is 0 Å². The molecule has 26 heavy (non-hydrogen) atoms. The van der Waals surface area contributed by atoms with Gasteiger partial charge in [-0.3, -0.25) is 4.21 Å². The van der Waals surface area contributed by atoms with Crippen LogP contribution in [0.15, 0.2) is 60.7 Å². The van der Waals surface area contributed by atoms with E-state index in [4.69, 9.17) is 9.47 Å². The molecule has 0 unspecified atom stereocenters. The summed E-state index contributed by atoms with van der Waals surface area (Å²) in [5.74, 6) is -1.55. The fourth-order valence-electron chi connectivity index (χ4n) is 2.66. The molecule has 0 spiro atoms. The van der Waals surface area contributed by atoms with Crippen LogP contribution >= 0.6 is 0 Å². The molecule has 7 heteroatoms. The SMILES string of the molecule is O=C(OC[C@@H]1[C@@H](OC(=O)c2ccccc2)[C@H](F)C[S@@]1=O)c1ccccc1. The first-order valence-electron chi connectivity index (χ1n) is 8.05. The third kappa shape index (κ3) is 4.16. The van der Waals surface area contributed by atoms with Gasteiger partial charge in [0.05, 0.1) is 16.9 Å². The topological polar surface area (TPSA) is 69.7 Å². The molecule has 0 saturated carbocycles. The van der Waals surface area contributed by atoms with Crippen LogP contribution in [0, 0.1) is 0 Å². The number of halogens is 1. The van der Waals surface area contributed by atoms with E-state index in [2.05, 4.69) is 0 Å². The van der Waals surface area contributed by atoms with E-state index in [9.17, 15) is 18.2 Å². The van der Waals surface area contributed by atoms with Crippen molar-refractivity contribution >= 4 is 22.7 Å². The van der Waals surface area contributed by atoms with E-state index in [1.54, 1.807) is 60.7 Å². The van der Waals surface area contributed by atoms with Crippen molar-refractivity contribution < 1.29 is 27.7 Å². The highest BCUT2D eigenvalue weighted by Crippen LogP contribution is 2.25. The fourth-order valence-corrected chi connectivity index (χ4v) is 4.16. The molecule has 136 valence electrons. The quantitative estimate of drug-likeness (QED) is 0.750. The molecular weight excluding hydrogens is 359 g/mol. The monoisotopic (exact) mass is 376 g/mol. The lowest BCUT2D eigenvalue weighted by Crippen LogP contribution is -2.37. The van der Waals surface area contributed by atoms with Crippen LogP contribution in [0.3, 0.4) is 0 Å². The van der Waals surface area contributed by atoms with Crippen LogP contribution in [0.5, 0.6) is 0 Å². The molecule has 5 nitrogen and oxygen atoms in total. The van der Waals surface area contributed by atoms with Crippen LogP contribution in [0.1, 0.15) is 20.7 Å². The number of hydrogen-bond donors (Lipinski definition) is 0. The first-order chi connectivity index (χ1) is 12.6. The summed E-state index contributed by atoms with van der Waals surface area (Å²) in [5, 5.41) is -0.898. The maximum atomic E-state index is 14.2. The molecule has 4 atom stereocenters. The summed E-state index contributed by atoms with van der Waals surface area (Å²) in [6.07, 6.45) is -2.78. The van der Waals surface area contributed by atoms with Gasteiger partial charge in [-0.2, -0.15) is 0 Å². The zero-order valence-electron chi connectivity index (χ0n) is 13.7. The van der Waals surface area contributed by atoms with Gasteiger partial charge in [-0.25, -0.2) is 14.0 Å². The van der Waals surface area contributed by atoms with Crippen molar-refractivity contribution in [3.05, 3.63) is 71.8 Å². The van der Waals surface area contributed by atoms with E-state index in [0.717, 1.165) is 0 Å². The molecule has 1 saturated heterocycles. The number of carbonyl (C=O) groups is 2. The van der Waals surface area contributed by atoms with Crippen molar-refractivity contribution in [3.63, 3.8) is 0 Å². The van der Waals surface area contributed by atoms with Gasteiger partial charge in [-0.05, 0) is 24.3 Å². The zero-order chi connectivity index (χ0) is 18.5. The third-order valence-corrected chi connectivity index (χ3v) is 5.75. The molecule has 0 aliphatic carbocycles. The van der Waals surface area contributed by atoms with Gasteiger partial charge in [0.1, 0.15) is 18.0 Å². The van der Waals surface area contributed by atoms with E-state index in [0.29, 0.717) is 5.56 Å². The Morgan fingerprint density at radius 1 is 0.962 bits per heavy atom. The normalized spacial score (nSPS) is 24.8. The Balaban J connectivity index is 1.65. The number of benzene rings is 2. The average Bonchev–Trinajstić information content (AvgIpc) is 2.94. The van der Waals surface area contributed by atoms with Gasteiger partial charge < -0.3 is 9.47 Å². The number of carbonyl (C=O) groups excluding carboxylic acids is 2. The van der Waals surface area contributed by atoms with E-state index < -0.39 is 40.3 Å². The molecule has 2 aromatic carbocycles. The lowest BCUT2D eigenvalue weighted by molar-refractivity contribution is 0.00463. The van der Waals surface area contributed by atoms with Crippen molar-refractivity contribution in [2.75, 3.05) is 12.4 Å². The van der Waals surface area contributed by atoms with Crippen molar-refractivity contribution in [3.8, 4) is 0 Å². The minimum atomic E-state index is -1.60. The number of hydrogen-bond acceptors (Lipinski definition) is 5. The highest BCUT2D eigenvalue weighted by Gasteiger charge is 2.45. The zero-order valence-corrected chi connectivity index (χ0v) is 14.6. The second kappa shape index (κ2) is 8.23. The first kappa shape index (κ1) is 18.3. The summed E-state index contributed by atoms with van der Waals surface area (Å²) in [7, 11) is -1.60. The minimum absolute atomic E-state index is 0.250. The molecule has 1 aliphatic rings. The van der Waals surface area contributed by atoms with Gasteiger partial charge in [0, 0.05) is 10.8 Å². The van der Waals surface area contributed by atoms with Crippen molar-refractivity contribution in [1.29, 1.82) is 0 Å². The summed E-state index contributed by atoms with van der Waals surface area (Å²) >= 11 is 0. The molecule has 0 bridgehead atoms. The fraction of sp³-hybridized carbons (Fsp3) is 0.263. The largest absolute Gasteiger partial charge is 0.461 e. The van der Waals surface area contributed by atoms with E-state index in [1.165, 1.54) is 0 Å². The molecule has 0 N–H and O–H groups in total. The predicted molar refractivity (Wildman–Crippen MR) is 94.1 cm³/mol. The Morgan fingerprint density at radius 2 is 1.50 bits per heavy atom. The van der Waals surface area contributed by atoms with Crippen LogP contribution in [-0.2, 0) is 20.3 Å². The van der Waals surface area contributed by atoms with Gasteiger partial charge in [0.15, 0.2) is 6.10 Å². The Labute approximate surface area is 152 Å². The van der Waals surface area contributed by atoms with Gasteiger partial charge in [0.25, 0.3) is 0 Å². The third-order valence-electron chi connectivity index (χ3n) is 4.02. The minimum Gasteiger partial charge on any atom is -0.461 e. The molecule has 0 aromatic heterocycles. The Kier molecular flexibility index (Phi) is 5.78. The molecule has 1 fully saturated rings. The standard InChI is InChI=1S/C19H17FO5S/c20-15-12-26(23)16(11-24-18(21)13-7-3-1-4-8-13)17(15)25-19(22)14-9-5-2-6-10-14/h1-10,15-17H,11-12H2/t15-,16-,17+,26+/m1/s1. The molecular formula is C19H17FO5S. The highest BCUT2D eigenvalue weighted by atomic mass is 32.2. The smallest absolute Gasteiger partial charge is 0.338 e. The predicted octanol–water partition coefficient (Wildman–Crippen LogP) is 2.54. The molecule has 3 rings (SSSR count). The maximum absolute atomic E-state index is 14.2. The summed E-state index contributed by atoms with van der Waals surface area (Å²) < 4.78 is 36.7. The molecule has 0 amide bonds. The first-order valence-corrected chi connectivity index (χ1v) is 9.44. The van der Waals surface area contributed by atoms with Gasteiger partial charge in [0.2, 0.25) is 0 Å². The van der Waals surface area contributed by atoms with Crippen molar-refractivity contribution in [2.45, 2.75) is 17.5 Å². The Bertz CT molecular complexity index is 796. The summed E-state index contributed by atoms with van der Waals surface area (Å²) in [6.45, 7) is -0.284. The summed E-state index contributed by atoms with van der Waals surface area (Å²) in [6, 6.07) is 16.5. The van der Waals surface area contributed by atoms with E-state index in [-0.39, 0.29) is 17.9 Å². The second-order valence-electron chi connectivity index (χ2n) is 5.80. The second-order valence-corrected chi connectivity index (χ2v) is 7.50. The van der Waals surface area contributed by atoms with Crippen LogP contribution in [0.25, 0.3) is 0 Å². The van der Waals surface area contributed by atoms with Gasteiger partial charge in [-0.15, -0.1) is 0 Å². The highest BCUT2D eigenvalue weighted by molar-refractivity contribution is 7.86. The molecule has 1 aliphatic heterocycles.